The summed E-state index contributed by atoms with van der Waals surface area (Å²) in [5, 5.41) is 1.72. The van der Waals surface area contributed by atoms with Crippen molar-refractivity contribution >= 4 is 22.1 Å². The van der Waals surface area contributed by atoms with Gasteiger partial charge in [-0.15, -0.1) is 0 Å². The second-order valence-electron chi connectivity index (χ2n) is 7.90. The Labute approximate surface area is 173 Å². The average molecular weight is 398 g/mol. The maximum Gasteiger partial charge on any atom is 0.287 e. The lowest BCUT2D eigenvalue weighted by atomic mass is 9.99. The molecule has 3 aromatic heterocycles. The molecule has 2 aromatic carbocycles. The number of aromatic nitrogens is 3. The van der Waals surface area contributed by atoms with Crippen molar-refractivity contribution in [2.75, 3.05) is 0 Å². The normalized spacial score (nSPS) is 11.5. The monoisotopic (exact) mass is 398 g/mol. The van der Waals surface area contributed by atoms with Crippen LogP contribution in [-0.4, -0.2) is 9.97 Å². The van der Waals surface area contributed by atoms with Gasteiger partial charge in [0, 0.05) is 28.0 Å². The zero-order valence-corrected chi connectivity index (χ0v) is 17.3. The molecule has 0 N–H and O–H groups in total. The molecule has 0 amide bonds. The third kappa shape index (κ3) is 3.03. The van der Waals surface area contributed by atoms with Crippen molar-refractivity contribution in [3.63, 3.8) is 0 Å². The van der Waals surface area contributed by atoms with E-state index in [0.717, 1.165) is 38.9 Å². The van der Waals surface area contributed by atoms with Crippen LogP contribution in [-0.2, 0) is 7.05 Å². The summed E-state index contributed by atoms with van der Waals surface area (Å²) in [7, 11) is 1.99. The minimum atomic E-state index is -0.544. The summed E-state index contributed by atoms with van der Waals surface area (Å²) in [5.41, 5.74) is 8.65. The largest absolute Gasteiger partial charge is 0.438 e. The van der Waals surface area contributed by atoms with Gasteiger partial charge in [-0.3, -0.25) is 0 Å². The van der Waals surface area contributed by atoms with E-state index in [9.17, 15) is 4.39 Å². The van der Waals surface area contributed by atoms with E-state index in [4.69, 9.17) is 4.42 Å². The van der Waals surface area contributed by atoms with Crippen LogP contribution in [0.1, 0.15) is 16.7 Å². The van der Waals surface area contributed by atoms with Crippen molar-refractivity contribution in [3.05, 3.63) is 77.5 Å². The highest BCUT2D eigenvalue weighted by Crippen LogP contribution is 2.34. The van der Waals surface area contributed by atoms with Gasteiger partial charge in [-0.05, 0) is 67.7 Å². The van der Waals surface area contributed by atoms with Crippen LogP contribution in [0.25, 0.3) is 44.6 Å². The van der Waals surface area contributed by atoms with E-state index in [0.29, 0.717) is 11.3 Å². The van der Waals surface area contributed by atoms with Gasteiger partial charge in [0.25, 0.3) is 6.33 Å². The molecule has 148 valence electrons. The molecule has 0 bridgehead atoms. The van der Waals surface area contributed by atoms with Crippen LogP contribution >= 0.6 is 0 Å². The molecule has 5 heteroatoms. The Morgan fingerprint density at radius 2 is 1.67 bits per heavy atom. The van der Waals surface area contributed by atoms with Crippen molar-refractivity contribution < 1.29 is 13.4 Å². The average Bonchev–Trinajstić information content (AvgIpc) is 3.03. The Bertz CT molecular complexity index is 1430. The summed E-state index contributed by atoms with van der Waals surface area (Å²) >= 11 is 0. The van der Waals surface area contributed by atoms with Gasteiger partial charge in [-0.1, -0.05) is 17.2 Å². The Balaban J connectivity index is 1.73. The Morgan fingerprint density at radius 1 is 0.900 bits per heavy atom. The number of halogens is 1. The molecule has 5 rings (SSSR count). The first-order valence-corrected chi connectivity index (χ1v) is 9.83. The third-order valence-corrected chi connectivity index (χ3v) is 5.47. The molecule has 0 atom stereocenters. The van der Waals surface area contributed by atoms with Crippen LogP contribution in [0.3, 0.4) is 0 Å². The van der Waals surface area contributed by atoms with Crippen LogP contribution < -0.4 is 4.57 Å². The third-order valence-electron chi connectivity index (χ3n) is 5.47. The van der Waals surface area contributed by atoms with Crippen molar-refractivity contribution in [3.8, 4) is 22.5 Å². The van der Waals surface area contributed by atoms with Crippen molar-refractivity contribution in [1.29, 1.82) is 0 Å². The molecule has 0 unspecified atom stereocenters. The fraction of sp³-hybridized carbons (Fsp3) is 0.160. The highest BCUT2D eigenvalue weighted by Gasteiger charge is 2.18. The SMILES string of the molecule is Cc1cc(C)cc(-c2cc(-c3cc4c(cc3C)oc3nc(F)ccc34)[n+](C)cn2)c1. The molecule has 0 spiro atoms. The number of aryl methyl sites for hydroxylation is 4. The topological polar surface area (TPSA) is 42.8 Å². The van der Waals surface area contributed by atoms with E-state index in [-0.39, 0.29) is 0 Å². The molecule has 0 aliphatic carbocycles. The van der Waals surface area contributed by atoms with Crippen molar-refractivity contribution in [2.45, 2.75) is 20.8 Å². The van der Waals surface area contributed by atoms with E-state index in [1.165, 1.54) is 17.2 Å². The van der Waals surface area contributed by atoms with Crippen LogP contribution in [0.4, 0.5) is 4.39 Å². The summed E-state index contributed by atoms with van der Waals surface area (Å²) in [6.07, 6.45) is 1.84. The smallest absolute Gasteiger partial charge is 0.287 e. The number of benzene rings is 2. The lowest BCUT2D eigenvalue weighted by Gasteiger charge is -2.08. The van der Waals surface area contributed by atoms with E-state index in [1.54, 1.807) is 6.07 Å². The predicted octanol–water partition coefficient (Wildman–Crippen LogP) is 5.60. The van der Waals surface area contributed by atoms with Gasteiger partial charge in [-0.25, -0.2) is 4.57 Å². The molecule has 0 saturated carbocycles. The van der Waals surface area contributed by atoms with Gasteiger partial charge in [0.05, 0.1) is 7.05 Å². The maximum absolute atomic E-state index is 13.5. The first kappa shape index (κ1) is 18.4. The molecule has 0 radical (unpaired) electrons. The van der Waals surface area contributed by atoms with Crippen LogP contribution in [0.2, 0.25) is 0 Å². The Hall–Kier alpha value is -3.60. The Kier molecular flexibility index (Phi) is 4.13. The highest BCUT2D eigenvalue weighted by molar-refractivity contribution is 6.05. The zero-order chi connectivity index (χ0) is 21.0. The number of hydrogen-bond acceptors (Lipinski definition) is 3. The van der Waals surface area contributed by atoms with E-state index in [2.05, 4.69) is 54.1 Å². The van der Waals surface area contributed by atoms with Crippen molar-refractivity contribution in [2.24, 2.45) is 7.05 Å². The van der Waals surface area contributed by atoms with Gasteiger partial charge in [-0.2, -0.15) is 9.37 Å². The highest BCUT2D eigenvalue weighted by atomic mass is 19.1. The summed E-state index contributed by atoms with van der Waals surface area (Å²) < 4.78 is 21.3. The molecule has 0 aliphatic heterocycles. The van der Waals surface area contributed by atoms with Gasteiger partial charge < -0.3 is 4.42 Å². The number of furan rings is 1. The molecule has 0 fully saturated rings. The molecular weight excluding hydrogens is 377 g/mol. The van der Waals surface area contributed by atoms with Gasteiger partial charge in [0.2, 0.25) is 11.7 Å². The molecule has 30 heavy (non-hydrogen) atoms. The van der Waals surface area contributed by atoms with E-state index >= 15 is 0 Å². The lowest BCUT2D eigenvalue weighted by molar-refractivity contribution is -0.663. The Morgan fingerprint density at radius 3 is 2.43 bits per heavy atom. The van der Waals surface area contributed by atoms with Gasteiger partial charge in [0.1, 0.15) is 11.3 Å². The van der Waals surface area contributed by atoms with Crippen LogP contribution in [0.15, 0.2) is 59.3 Å². The fourth-order valence-electron chi connectivity index (χ4n) is 4.08. The minimum Gasteiger partial charge on any atom is -0.438 e. The lowest BCUT2D eigenvalue weighted by Crippen LogP contribution is -2.31. The fourth-order valence-corrected chi connectivity index (χ4v) is 4.08. The standard InChI is InChI=1S/C25H21FN3O/c1-14-7-15(2)9-17(8-14)21-12-22(29(4)13-27-21)19-11-20-18-5-6-24(26)28-25(18)30-23(20)10-16(19)3/h5-13H,1-4H3/q+1. The molecule has 0 aliphatic rings. The van der Waals surface area contributed by atoms with E-state index < -0.39 is 5.95 Å². The van der Waals surface area contributed by atoms with Gasteiger partial charge in [0.15, 0.2) is 5.69 Å². The van der Waals surface area contributed by atoms with E-state index in [1.807, 2.05) is 30.9 Å². The number of hydrogen-bond donors (Lipinski definition) is 0. The molecule has 3 heterocycles. The molecular formula is C25H21FN3O+. The number of fused-ring (bicyclic) bond motifs is 3. The molecule has 5 aromatic rings. The van der Waals surface area contributed by atoms with Crippen LogP contribution in [0.5, 0.6) is 0 Å². The summed E-state index contributed by atoms with van der Waals surface area (Å²) in [4.78, 5) is 8.54. The van der Waals surface area contributed by atoms with Crippen molar-refractivity contribution in [1.82, 2.24) is 9.97 Å². The molecule has 0 saturated heterocycles. The first-order valence-electron chi connectivity index (χ1n) is 9.83. The second-order valence-corrected chi connectivity index (χ2v) is 7.90. The number of pyridine rings is 1. The second kappa shape index (κ2) is 6.73. The number of rotatable bonds is 2. The predicted molar refractivity (Wildman–Crippen MR) is 116 cm³/mol. The first-order chi connectivity index (χ1) is 14.4. The minimum absolute atomic E-state index is 0.316. The summed E-state index contributed by atoms with van der Waals surface area (Å²) in [6, 6.07) is 15.7. The molecule has 4 nitrogen and oxygen atoms in total. The van der Waals surface area contributed by atoms with Crippen LogP contribution in [0, 0.1) is 26.7 Å². The summed E-state index contributed by atoms with van der Waals surface area (Å²) in [6.45, 7) is 6.24. The quantitative estimate of drug-likeness (QED) is 0.287. The summed E-state index contributed by atoms with van der Waals surface area (Å²) in [5.74, 6) is -0.544. The van der Waals surface area contributed by atoms with Gasteiger partial charge >= 0.3 is 0 Å². The number of nitrogens with zero attached hydrogens (tertiary/aromatic N) is 3. The zero-order valence-electron chi connectivity index (χ0n) is 17.3. The maximum atomic E-state index is 13.5.